The summed E-state index contributed by atoms with van der Waals surface area (Å²) in [7, 11) is 1.58. The van der Waals surface area contributed by atoms with Crippen LogP contribution in [-0.2, 0) is 14.8 Å². The van der Waals surface area contributed by atoms with E-state index in [1.807, 2.05) is 92.6 Å². The number of fused-ring (bicyclic) bond motifs is 2. The van der Waals surface area contributed by atoms with Crippen LogP contribution in [0, 0.1) is 5.92 Å². The van der Waals surface area contributed by atoms with Gasteiger partial charge in [-0.05, 0) is 53.9 Å². The summed E-state index contributed by atoms with van der Waals surface area (Å²) in [5.74, 6) is -0.172. The van der Waals surface area contributed by atoms with Crippen molar-refractivity contribution in [2.75, 3.05) is 59.1 Å². The first-order valence-electron chi connectivity index (χ1n) is 15.8. The molecule has 2 aliphatic heterocycles. The van der Waals surface area contributed by atoms with Crippen molar-refractivity contribution < 1.29 is 32.5 Å². The van der Waals surface area contributed by atoms with E-state index in [0.717, 1.165) is 22.2 Å². The third kappa shape index (κ3) is 6.22. The average Bonchev–Trinajstić information content (AvgIpc) is 3.70. The number of nitrogens with zero attached hydrogens (tertiary/aromatic N) is 3. The number of carboxylic acids is 1. The molecule has 1 N–H and O–H groups in total. The minimum absolute atomic E-state index is 0.126. The predicted molar refractivity (Wildman–Crippen MR) is 181 cm³/mol. The van der Waals surface area contributed by atoms with Gasteiger partial charge in [-0.2, -0.15) is 4.31 Å². The second-order valence-corrected chi connectivity index (χ2v) is 14.1. The van der Waals surface area contributed by atoms with Crippen LogP contribution in [-0.4, -0.2) is 82.9 Å². The average molecular weight is 660 g/mol. The van der Waals surface area contributed by atoms with Gasteiger partial charge in [-0.3, -0.25) is 9.69 Å². The lowest BCUT2D eigenvalue weighted by Gasteiger charge is -2.30. The highest BCUT2D eigenvalue weighted by Gasteiger charge is 2.47. The van der Waals surface area contributed by atoms with E-state index in [1.165, 1.54) is 0 Å². The first-order chi connectivity index (χ1) is 22.6. The first kappa shape index (κ1) is 32.6. The summed E-state index contributed by atoms with van der Waals surface area (Å²) in [6.45, 7) is 3.39. The minimum Gasteiger partial charge on any atom is -0.497 e. The van der Waals surface area contributed by atoms with Crippen molar-refractivity contribution in [3.05, 3.63) is 90.0 Å². The quantitative estimate of drug-likeness (QED) is 0.208. The number of ether oxygens (including phenoxy) is 3. The molecular formula is C36H41N3O7S. The number of benzene rings is 4. The molecule has 0 spiro atoms. The minimum atomic E-state index is -3.89. The van der Waals surface area contributed by atoms with Crippen molar-refractivity contribution in [2.45, 2.75) is 30.2 Å². The molecule has 0 aliphatic carbocycles. The highest BCUT2D eigenvalue weighted by Crippen LogP contribution is 2.48. The number of rotatable bonds is 12. The van der Waals surface area contributed by atoms with Crippen molar-refractivity contribution in [2.24, 2.45) is 5.92 Å². The molecular weight excluding hydrogens is 618 g/mol. The molecule has 248 valence electrons. The van der Waals surface area contributed by atoms with Crippen LogP contribution < -0.4 is 19.1 Å². The molecule has 4 aromatic carbocycles. The fourth-order valence-electron chi connectivity index (χ4n) is 7.00. The second-order valence-electron chi connectivity index (χ2n) is 12.2. The number of carboxylic acid groups (broad SMARTS) is 1. The molecule has 0 bridgehead atoms. The van der Waals surface area contributed by atoms with Crippen molar-refractivity contribution in [3.8, 4) is 17.2 Å². The van der Waals surface area contributed by atoms with Crippen LogP contribution in [0.3, 0.4) is 0 Å². The maximum atomic E-state index is 14.4. The van der Waals surface area contributed by atoms with Crippen LogP contribution >= 0.6 is 0 Å². The van der Waals surface area contributed by atoms with Crippen molar-refractivity contribution in [1.29, 1.82) is 0 Å². The molecule has 3 atom stereocenters. The number of sulfonamides is 1. The molecule has 0 radical (unpaired) electrons. The van der Waals surface area contributed by atoms with Crippen molar-refractivity contribution in [1.82, 2.24) is 9.21 Å². The number of methoxy groups -OCH3 is 1. The van der Waals surface area contributed by atoms with Gasteiger partial charge in [0.05, 0.1) is 17.9 Å². The third-order valence-electron chi connectivity index (χ3n) is 9.23. The lowest BCUT2D eigenvalue weighted by atomic mass is 9.82. The molecule has 4 aromatic rings. The lowest BCUT2D eigenvalue weighted by molar-refractivity contribution is -0.143. The monoisotopic (exact) mass is 659 g/mol. The molecule has 2 aliphatic rings. The van der Waals surface area contributed by atoms with Crippen molar-refractivity contribution >= 4 is 32.5 Å². The zero-order chi connectivity index (χ0) is 33.3. The van der Waals surface area contributed by atoms with E-state index in [-0.39, 0.29) is 24.2 Å². The number of aliphatic carboxylic acids is 1. The fraction of sp³-hybridized carbons (Fsp3) is 0.361. The maximum Gasteiger partial charge on any atom is 0.309 e. The second kappa shape index (κ2) is 13.4. The Balaban J connectivity index is 1.35. The lowest BCUT2D eigenvalue weighted by Crippen LogP contribution is -2.40. The topological polar surface area (TPSA) is 109 Å². The van der Waals surface area contributed by atoms with Gasteiger partial charge in [0.15, 0.2) is 11.5 Å². The van der Waals surface area contributed by atoms with Gasteiger partial charge >= 0.3 is 5.97 Å². The molecule has 0 aromatic heterocycles. The van der Waals surface area contributed by atoms with Crippen molar-refractivity contribution in [3.63, 3.8) is 0 Å². The van der Waals surface area contributed by atoms with Gasteiger partial charge in [-0.1, -0.05) is 49.4 Å². The molecule has 0 saturated carbocycles. The number of hydrogen-bond donors (Lipinski definition) is 1. The van der Waals surface area contributed by atoms with E-state index < -0.39 is 28.0 Å². The van der Waals surface area contributed by atoms with Crippen LogP contribution in [0.15, 0.2) is 83.8 Å². The summed E-state index contributed by atoms with van der Waals surface area (Å²) in [4.78, 5) is 17.4. The van der Waals surface area contributed by atoms with Gasteiger partial charge in [0, 0.05) is 68.7 Å². The highest BCUT2D eigenvalue weighted by molar-refractivity contribution is 7.89. The Morgan fingerprint density at radius 2 is 1.64 bits per heavy atom. The summed E-state index contributed by atoms with van der Waals surface area (Å²) in [6.07, 6.45) is 0.631. The molecule has 11 heteroatoms. The van der Waals surface area contributed by atoms with E-state index in [1.54, 1.807) is 23.5 Å². The predicted octanol–water partition coefficient (Wildman–Crippen LogP) is 5.59. The Kier molecular flexibility index (Phi) is 9.32. The summed E-state index contributed by atoms with van der Waals surface area (Å²) >= 11 is 0. The molecule has 2 heterocycles. The number of hydrogen-bond acceptors (Lipinski definition) is 8. The highest BCUT2D eigenvalue weighted by atomic mass is 32.2. The zero-order valence-electron chi connectivity index (χ0n) is 27.1. The molecule has 10 nitrogen and oxygen atoms in total. The van der Waals surface area contributed by atoms with Gasteiger partial charge in [0.1, 0.15) is 5.75 Å². The van der Waals surface area contributed by atoms with Crippen LogP contribution in [0.1, 0.15) is 36.4 Å². The van der Waals surface area contributed by atoms with Crippen LogP contribution in [0.4, 0.5) is 5.69 Å². The van der Waals surface area contributed by atoms with E-state index >= 15 is 0 Å². The zero-order valence-corrected chi connectivity index (χ0v) is 27.9. The molecule has 1 fully saturated rings. The van der Waals surface area contributed by atoms with Gasteiger partial charge < -0.3 is 24.2 Å². The SMILES string of the molecule is CCCN(CCN1C[C@H](c2ccc3c(c2)OCO3)[C@H](C(=O)O)[C@H]1c1ccc(OC)cc1)S(=O)(=O)c1cccc2c(N(C)C)cccc12. The van der Waals surface area contributed by atoms with Gasteiger partial charge in [-0.15, -0.1) is 0 Å². The third-order valence-corrected chi connectivity index (χ3v) is 11.2. The molecule has 0 amide bonds. The number of anilines is 1. The Morgan fingerprint density at radius 1 is 0.936 bits per heavy atom. The number of carbonyl (C=O) groups is 1. The van der Waals surface area contributed by atoms with Crippen LogP contribution in [0.25, 0.3) is 10.8 Å². The van der Waals surface area contributed by atoms with Gasteiger partial charge in [-0.25, -0.2) is 8.42 Å². The van der Waals surface area contributed by atoms with E-state index in [4.69, 9.17) is 14.2 Å². The standard InChI is InChI=1S/C36H41N3O7S/c1-5-18-39(47(42,43)33-11-7-8-27-28(33)9-6-10-30(27)37(2)3)20-19-38-22-29(25-14-17-31-32(21-25)46-23-45-31)34(36(40)41)35(38)24-12-15-26(44-4)16-13-24/h6-17,21,29,34-35H,5,18-20,22-23H2,1-4H3,(H,40,41)/t29-,34+,35-/m1/s1. The summed E-state index contributed by atoms with van der Waals surface area (Å²) in [5, 5.41) is 12.2. The summed E-state index contributed by atoms with van der Waals surface area (Å²) < 4.78 is 46.8. The Bertz CT molecular complexity index is 1860. The van der Waals surface area contributed by atoms with Crippen LogP contribution in [0.2, 0.25) is 0 Å². The summed E-state index contributed by atoms with van der Waals surface area (Å²) in [5.41, 5.74) is 2.61. The number of likely N-dealkylation sites (tertiary alicyclic amines) is 1. The first-order valence-corrected chi connectivity index (χ1v) is 17.3. The normalized spacial score (nSPS) is 19.4. The van der Waals surface area contributed by atoms with Crippen LogP contribution in [0.5, 0.6) is 17.2 Å². The van der Waals surface area contributed by atoms with Gasteiger partial charge in [0.25, 0.3) is 0 Å². The molecule has 1 saturated heterocycles. The molecule has 0 unspecified atom stereocenters. The Hall–Kier alpha value is -4.32. The smallest absolute Gasteiger partial charge is 0.309 e. The van der Waals surface area contributed by atoms with E-state index in [9.17, 15) is 18.3 Å². The largest absolute Gasteiger partial charge is 0.497 e. The summed E-state index contributed by atoms with van der Waals surface area (Å²) in [6, 6.07) is 23.7. The van der Waals surface area contributed by atoms with E-state index in [0.29, 0.717) is 48.7 Å². The Labute approximate surface area is 276 Å². The van der Waals surface area contributed by atoms with Gasteiger partial charge in [0.2, 0.25) is 16.8 Å². The molecule has 6 rings (SSSR count). The maximum absolute atomic E-state index is 14.4. The Morgan fingerprint density at radius 3 is 2.34 bits per heavy atom. The molecule has 47 heavy (non-hydrogen) atoms. The fourth-order valence-corrected chi connectivity index (χ4v) is 8.73. The van der Waals surface area contributed by atoms with E-state index in [2.05, 4.69) is 4.90 Å².